The Labute approximate surface area is 107 Å². The first kappa shape index (κ1) is 13.8. The Morgan fingerprint density at radius 1 is 1.18 bits per heavy atom. The first-order chi connectivity index (χ1) is 8.11. The van der Waals surface area contributed by atoms with Gasteiger partial charge < -0.3 is 9.47 Å². The average Bonchev–Trinajstić information content (AvgIpc) is 2.34. The molecule has 0 N–H and O–H groups in total. The number of hydrogen-bond donors (Lipinski definition) is 0. The van der Waals surface area contributed by atoms with Crippen molar-refractivity contribution >= 4 is 17.8 Å². The number of alkyl halides is 1. The van der Waals surface area contributed by atoms with Crippen LogP contribution < -0.4 is 0 Å². The largest absolute Gasteiger partial charge is 0.508 e. The van der Waals surface area contributed by atoms with Crippen LogP contribution in [0.5, 0.6) is 0 Å². The number of halogens is 1. The Morgan fingerprint density at radius 3 is 2.29 bits per heavy atom. The van der Waals surface area contributed by atoms with Crippen LogP contribution in [-0.4, -0.2) is 12.8 Å². The van der Waals surface area contributed by atoms with Crippen LogP contribution >= 0.6 is 11.6 Å². The van der Waals surface area contributed by atoms with Crippen molar-refractivity contribution in [2.45, 2.75) is 26.3 Å². The van der Waals surface area contributed by atoms with E-state index in [0.29, 0.717) is 18.4 Å². The molecule has 0 heterocycles. The van der Waals surface area contributed by atoms with Gasteiger partial charge in [0.25, 0.3) is 0 Å². The van der Waals surface area contributed by atoms with Gasteiger partial charge in [-0.15, -0.1) is 11.6 Å². The van der Waals surface area contributed by atoms with Crippen molar-refractivity contribution in [2.75, 3.05) is 6.61 Å². The van der Waals surface area contributed by atoms with Gasteiger partial charge in [0.1, 0.15) is 6.61 Å². The summed E-state index contributed by atoms with van der Waals surface area (Å²) in [6.07, 6.45) is -0.625. The van der Waals surface area contributed by atoms with E-state index >= 15 is 0 Å². The quantitative estimate of drug-likeness (QED) is 0.595. The van der Waals surface area contributed by atoms with Gasteiger partial charge in [0.15, 0.2) is 0 Å². The highest BCUT2D eigenvalue weighted by Crippen LogP contribution is 2.08. The second-order valence-corrected chi connectivity index (χ2v) is 4.46. The standard InChI is InChI=1S/C13H17ClO3/c1-10(2)8-16-13(15)17-9-12-5-3-11(7-14)4-6-12/h3-6,10H,7-9H2,1-2H3. The van der Waals surface area contributed by atoms with Crippen LogP contribution in [0.4, 0.5) is 4.79 Å². The van der Waals surface area contributed by atoms with E-state index in [1.807, 2.05) is 38.1 Å². The Bertz CT molecular complexity index is 346. The van der Waals surface area contributed by atoms with Gasteiger partial charge in [-0.25, -0.2) is 4.79 Å². The maximum absolute atomic E-state index is 11.2. The number of carbonyl (C=O) groups excluding carboxylic acids is 1. The zero-order chi connectivity index (χ0) is 12.7. The monoisotopic (exact) mass is 256 g/mol. The summed E-state index contributed by atoms with van der Waals surface area (Å²) in [6.45, 7) is 4.54. The zero-order valence-electron chi connectivity index (χ0n) is 10.1. The van der Waals surface area contributed by atoms with Crippen molar-refractivity contribution in [1.29, 1.82) is 0 Å². The maximum Gasteiger partial charge on any atom is 0.508 e. The molecule has 0 aromatic heterocycles. The van der Waals surface area contributed by atoms with E-state index in [9.17, 15) is 4.79 Å². The van der Waals surface area contributed by atoms with Gasteiger partial charge in [-0.05, 0) is 17.0 Å². The van der Waals surface area contributed by atoms with Crippen LogP contribution in [0.2, 0.25) is 0 Å². The van der Waals surface area contributed by atoms with Gasteiger partial charge in [-0.2, -0.15) is 0 Å². The Morgan fingerprint density at radius 2 is 1.76 bits per heavy atom. The molecule has 0 atom stereocenters. The summed E-state index contributed by atoms with van der Waals surface area (Å²) in [4.78, 5) is 11.2. The molecule has 0 unspecified atom stereocenters. The predicted molar refractivity (Wildman–Crippen MR) is 67.0 cm³/mol. The lowest BCUT2D eigenvalue weighted by atomic mass is 10.2. The van der Waals surface area contributed by atoms with Gasteiger partial charge >= 0.3 is 6.16 Å². The molecule has 0 bridgehead atoms. The summed E-state index contributed by atoms with van der Waals surface area (Å²) in [5.41, 5.74) is 1.96. The topological polar surface area (TPSA) is 35.5 Å². The lowest BCUT2D eigenvalue weighted by molar-refractivity contribution is 0.0425. The van der Waals surface area contributed by atoms with Crippen LogP contribution in [0.3, 0.4) is 0 Å². The second kappa shape index (κ2) is 7.17. The summed E-state index contributed by atoms with van der Waals surface area (Å²) in [5.74, 6) is 0.794. The fourth-order valence-electron chi connectivity index (χ4n) is 1.14. The average molecular weight is 257 g/mol. The summed E-state index contributed by atoms with van der Waals surface area (Å²) in [7, 11) is 0. The SMILES string of the molecule is CC(C)COC(=O)OCc1ccc(CCl)cc1. The van der Waals surface area contributed by atoms with Gasteiger partial charge in [-0.3, -0.25) is 0 Å². The third kappa shape index (κ3) is 5.59. The second-order valence-electron chi connectivity index (χ2n) is 4.19. The highest BCUT2D eigenvalue weighted by molar-refractivity contribution is 6.17. The van der Waals surface area contributed by atoms with Crippen molar-refractivity contribution in [3.8, 4) is 0 Å². The molecule has 0 fully saturated rings. The third-order valence-corrected chi connectivity index (χ3v) is 2.38. The molecule has 0 aliphatic rings. The molecule has 0 aliphatic heterocycles. The number of carbonyl (C=O) groups is 1. The lowest BCUT2D eigenvalue weighted by Crippen LogP contribution is -2.11. The summed E-state index contributed by atoms with van der Waals surface area (Å²) in [5, 5.41) is 0. The van der Waals surface area contributed by atoms with E-state index in [1.54, 1.807) is 0 Å². The minimum absolute atomic E-state index is 0.222. The molecule has 4 heteroatoms. The van der Waals surface area contributed by atoms with E-state index in [2.05, 4.69) is 0 Å². The van der Waals surface area contributed by atoms with Crippen LogP contribution in [-0.2, 0) is 22.0 Å². The molecule has 0 saturated carbocycles. The normalized spacial score (nSPS) is 10.4. The fraction of sp³-hybridized carbons (Fsp3) is 0.462. The Hall–Kier alpha value is -1.22. The molecule has 1 aromatic carbocycles. The Kier molecular flexibility index (Phi) is 5.84. The smallest absolute Gasteiger partial charge is 0.434 e. The van der Waals surface area contributed by atoms with E-state index in [0.717, 1.165) is 11.1 Å². The molecule has 3 nitrogen and oxygen atoms in total. The van der Waals surface area contributed by atoms with Crippen LogP contribution in [0, 0.1) is 5.92 Å². The van der Waals surface area contributed by atoms with E-state index in [1.165, 1.54) is 0 Å². The molecular formula is C13H17ClO3. The number of benzene rings is 1. The number of rotatable bonds is 5. The highest BCUT2D eigenvalue weighted by Gasteiger charge is 2.05. The molecule has 0 aliphatic carbocycles. The van der Waals surface area contributed by atoms with Crippen molar-refractivity contribution in [1.82, 2.24) is 0 Å². The predicted octanol–water partition coefficient (Wildman–Crippen LogP) is 3.73. The van der Waals surface area contributed by atoms with Crippen molar-refractivity contribution in [3.63, 3.8) is 0 Å². The maximum atomic E-state index is 11.2. The van der Waals surface area contributed by atoms with Gasteiger partial charge in [0.05, 0.1) is 6.61 Å². The van der Waals surface area contributed by atoms with E-state index in [4.69, 9.17) is 21.1 Å². The van der Waals surface area contributed by atoms with Crippen LogP contribution in [0.1, 0.15) is 25.0 Å². The molecule has 1 rings (SSSR count). The lowest BCUT2D eigenvalue weighted by Gasteiger charge is -2.08. The van der Waals surface area contributed by atoms with Crippen molar-refractivity contribution in [3.05, 3.63) is 35.4 Å². The molecule has 0 radical (unpaired) electrons. The molecule has 0 amide bonds. The summed E-state index contributed by atoms with van der Waals surface area (Å²) < 4.78 is 9.85. The highest BCUT2D eigenvalue weighted by atomic mass is 35.5. The van der Waals surface area contributed by atoms with Crippen LogP contribution in [0.25, 0.3) is 0 Å². The molecule has 0 saturated heterocycles. The minimum atomic E-state index is -0.625. The van der Waals surface area contributed by atoms with Gasteiger partial charge in [-0.1, -0.05) is 38.1 Å². The first-order valence-corrected chi connectivity index (χ1v) is 6.08. The van der Waals surface area contributed by atoms with Crippen molar-refractivity contribution in [2.24, 2.45) is 5.92 Å². The van der Waals surface area contributed by atoms with Gasteiger partial charge in [0, 0.05) is 5.88 Å². The van der Waals surface area contributed by atoms with Crippen LogP contribution in [0.15, 0.2) is 24.3 Å². The van der Waals surface area contributed by atoms with E-state index in [-0.39, 0.29) is 6.61 Å². The molecule has 1 aromatic rings. The number of ether oxygens (including phenoxy) is 2. The molecular weight excluding hydrogens is 240 g/mol. The molecule has 0 spiro atoms. The molecule has 17 heavy (non-hydrogen) atoms. The van der Waals surface area contributed by atoms with Gasteiger partial charge in [0.2, 0.25) is 0 Å². The number of hydrogen-bond acceptors (Lipinski definition) is 3. The van der Waals surface area contributed by atoms with Crippen molar-refractivity contribution < 1.29 is 14.3 Å². The minimum Gasteiger partial charge on any atom is -0.434 e. The fourth-order valence-corrected chi connectivity index (χ4v) is 1.32. The first-order valence-electron chi connectivity index (χ1n) is 5.55. The molecule has 94 valence electrons. The third-order valence-electron chi connectivity index (χ3n) is 2.07. The van der Waals surface area contributed by atoms with E-state index < -0.39 is 6.16 Å². The zero-order valence-corrected chi connectivity index (χ0v) is 10.9. The Balaban J connectivity index is 2.31. The summed E-state index contributed by atoms with van der Waals surface area (Å²) in [6, 6.07) is 7.58. The summed E-state index contributed by atoms with van der Waals surface area (Å²) >= 11 is 5.67.